The van der Waals surface area contributed by atoms with Crippen LogP contribution in [0.3, 0.4) is 0 Å². The molecule has 0 radical (unpaired) electrons. The summed E-state index contributed by atoms with van der Waals surface area (Å²) in [5, 5.41) is 12.0. The largest absolute Gasteiger partial charge is 0.398 e. The van der Waals surface area contributed by atoms with Crippen molar-refractivity contribution >= 4 is 52.5 Å². The van der Waals surface area contributed by atoms with Crippen LogP contribution in [-0.4, -0.2) is 113 Å². The quantitative estimate of drug-likeness (QED) is 0.0824. The first-order chi connectivity index (χ1) is 31.7. The topological polar surface area (TPSA) is 198 Å². The number of amides is 5. The zero-order valence-corrected chi connectivity index (χ0v) is 40.1. The van der Waals surface area contributed by atoms with E-state index in [9.17, 15) is 24.0 Å². The predicted octanol–water partition coefficient (Wildman–Crippen LogP) is 5.48. The summed E-state index contributed by atoms with van der Waals surface area (Å²) in [4.78, 5) is 77.8. The van der Waals surface area contributed by atoms with Gasteiger partial charge in [0.1, 0.15) is 24.0 Å². The van der Waals surface area contributed by atoms with E-state index in [4.69, 9.17) is 5.73 Å². The van der Waals surface area contributed by atoms with E-state index in [1.54, 1.807) is 24.5 Å². The van der Waals surface area contributed by atoms with Crippen molar-refractivity contribution in [2.24, 2.45) is 11.3 Å². The number of piperazine rings is 1. The Morgan fingerprint density at radius 1 is 0.909 bits per heavy atom. The van der Waals surface area contributed by atoms with E-state index in [0.29, 0.717) is 42.7 Å². The van der Waals surface area contributed by atoms with Crippen LogP contribution >= 0.6 is 0 Å². The van der Waals surface area contributed by atoms with E-state index in [2.05, 4.69) is 91.0 Å². The van der Waals surface area contributed by atoms with Crippen molar-refractivity contribution in [1.82, 2.24) is 35.7 Å². The van der Waals surface area contributed by atoms with Gasteiger partial charge in [-0.2, -0.15) is 0 Å². The minimum absolute atomic E-state index is 0.0649. The van der Waals surface area contributed by atoms with Crippen molar-refractivity contribution in [2.75, 3.05) is 73.2 Å². The number of hydrogen-bond donors (Lipinski definition) is 5. The monoisotopic (exact) mass is 908 g/mol. The van der Waals surface area contributed by atoms with E-state index in [-0.39, 0.29) is 41.5 Å². The molecule has 2 aromatic carbocycles. The van der Waals surface area contributed by atoms with Crippen molar-refractivity contribution in [3.8, 4) is 0 Å². The predicted molar refractivity (Wildman–Crippen MR) is 260 cm³/mol. The van der Waals surface area contributed by atoms with Gasteiger partial charge in [-0.3, -0.25) is 34.2 Å². The number of likely N-dealkylation sites (tertiary alicyclic amines) is 1. The minimum atomic E-state index is -0.586. The number of benzene rings is 2. The summed E-state index contributed by atoms with van der Waals surface area (Å²) < 4.78 is 0. The average Bonchev–Trinajstić information content (AvgIpc) is 3.64. The van der Waals surface area contributed by atoms with Crippen molar-refractivity contribution in [3.05, 3.63) is 71.5 Å². The highest BCUT2D eigenvalue weighted by Gasteiger charge is 2.42. The fraction of sp³-hybridized carbons (Fsp3) is 0.580. The van der Waals surface area contributed by atoms with Gasteiger partial charge in [0.25, 0.3) is 5.91 Å². The molecule has 5 amide bonds. The first-order valence-corrected chi connectivity index (χ1v) is 24.2. The van der Waals surface area contributed by atoms with E-state index in [1.807, 2.05) is 26.8 Å². The molecule has 4 saturated heterocycles. The van der Waals surface area contributed by atoms with Crippen molar-refractivity contribution in [1.29, 1.82) is 0 Å². The van der Waals surface area contributed by atoms with Gasteiger partial charge in [0.15, 0.2) is 0 Å². The van der Waals surface area contributed by atoms with Gasteiger partial charge in [-0.1, -0.05) is 66.2 Å². The number of nitrogens with one attached hydrogen (secondary N) is 4. The number of imide groups is 1. The highest BCUT2D eigenvalue weighted by Crippen LogP contribution is 2.34. The van der Waals surface area contributed by atoms with Crippen LogP contribution in [0.2, 0.25) is 0 Å². The number of aromatic nitrogens is 2. The zero-order valence-electron chi connectivity index (χ0n) is 40.1. The number of fused-ring (bicyclic) bond motifs is 1. The number of nitrogen functional groups attached to an aromatic ring is 1. The third-order valence-electron chi connectivity index (χ3n) is 13.6. The molecular weight excluding hydrogens is 835 g/mol. The normalized spacial score (nSPS) is 20.5. The molecule has 0 bridgehead atoms. The van der Waals surface area contributed by atoms with Crippen LogP contribution < -0.4 is 36.8 Å². The molecule has 5 aliphatic heterocycles. The van der Waals surface area contributed by atoms with E-state index in [0.717, 1.165) is 101 Å². The molecule has 0 aliphatic carbocycles. The standard InChI is InChI=1S/C35H54N8O2.C13H13N3O3.C2H6/c1-5-7-27(2)33(45)37-17-6-16-36-30-22-31(39-26-38-30)42-20-14-35(15-21-42)25-43(24-32(44)40-35)29-10-8-28(9-11-29)23-41-18-12-34(3,4)13-19-41;14-9-3-1-2-7-8(9)6-16(13(7)19)10-4-5-11(17)15-12(10)18;1-2/h8-11,22,26-27H,5-7,12-21,23-25H2,1-4H3,(H,37,45)(H,40,44)(H,36,38,39);1-3,10H,4-6,14H2,(H,15,17,18);1-2H3. The van der Waals surface area contributed by atoms with Crippen LogP contribution in [0.5, 0.6) is 0 Å². The van der Waals surface area contributed by atoms with Gasteiger partial charge in [0.2, 0.25) is 23.6 Å². The van der Waals surface area contributed by atoms with E-state index < -0.39 is 11.9 Å². The first kappa shape index (κ1) is 49.7. The second-order valence-electron chi connectivity index (χ2n) is 19.1. The lowest BCUT2D eigenvalue weighted by atomic mass is 9.82. The van der Waals surface area contributed by atoms with Crippen LogP contribution in [0.15, 0.2) is 54.9 Å². The summed E-state index contributed by atoms with van der Waals surface area (Å²) >= 11 is 0. The molecule has 2 atom stereocenters. The number of hydrogen-bond acceptors (Lipinski definition) is 12. The minimum Gasteiger partial charge on any atom is -0.398 e. The van der Waals surface area contributed by atoms with Crippen LogP contribution in [0.1, 0.15) is 121 Å². The number of carbonyl (C=O) groups is 5. The molecule has 358 valence electrons. The molecule has 1 aromatic heterocycles. The molecule has 4 fully saturated rings. The van der Waals surface area contributed by atoms with Gasteiger partial charge in [0.05, 0.1) is 12.1 Å². The van der Waals surface area contributed by atoms with E-state index >= 15 is 0 Å². The molecule has 5 aliphatic rings. The molecule has 0 saturated carbocycles. The molecule has 6 heterocycles. The lowest BCUT2D eigenvalue weighted by Gasteiger charge is -2.48. The van der Waals surface area contributed by atoms with Gasteiger partial charge in [-0.15, -0.1) is 0 Å². The summed E-state index contributed by atoms with van der Waals surface area (Å²) in [6.45, 7) is 20.7. The molecule has 3 aromatic rings. The second-order valence-corrected chi connectivity index (χ2v) is 19.1. The molecule has 16 heteroatoms. The highest BCUT2D eigenvalue weighted by molar-refractivity contribution is 6.06. The lowest BCUT2D eigenvalue weighted by molar-refractivity contribution is -0.137. The fourth-order valence-corrected chi connectivity index (χ4v) is 9.47. The number of rotatable bonds is 13. The Morgan fingerprint density at radius 2 is 1.64 bits per heavy atom. The van der Waals surface area contributed by atoms with Crippen LogP contribution in [-0.2, 0) is 32.3 Å². The third-order valence-corrected chi connectivity index (χ3v) is 13.6. The summed E-state index contributed by atoms with van der Waals surface area (Å²) in [7, 11) is 0. The molecular formula is C50H73N11O5. The Hall–Kier alpha value is -5.77. The number of carbonyl (C=O) groups excluding carboxylic acids is 5. The summed E-state index contributed by atoms with van der Waals surface area (Å²) in [6, 6.07) is 15.4. The van der Waals surface area contributed by atoms with Gasteiger partial charge in [-0.25, -0.2) is 9.97 Å². The average molecular weight is 908 g/mol. The Kier molecular flexibility index (Phi) is 17.0. The smallest absolute Gasteiger partial charge is 0.255 e. The van der Waals surface area contributed by atoms with Crippen LogP contribution in [0.25, 0.3) is 0 Å². The van der Waals surface area contributed by atoms with Crippen LogP contribution in [0.4, 0.5) is 23.0 Å². The Labute approximate surface area is 391 Å². The maximum absolute atomic E-state index is 12.9. The summed E-state index contributed by atoms with van der Waals surface area (Å²) in [6.07, 6.45) is 9.22. The lowest BCUT2D eigenvalue weighted by Crippen LogP contribution is -2.66. The molecule has 66 heavy (non-hydrogen) atoms. The Bertz CT molecular complexity index is 2150. The third kappa shape index (κ3) is 12.8. The zero-order chi connectivity index (χ0) is 47.4. The number of piperidine rings is 3. The maximum Gasteiger partial charge on any atom is 0.255 e. The molecule has 8 rings (SSSR count). The Balaban J connectivity index is 0.000000284. The maximum atomic E-state index is 12.9. The first-order valence-electron chi connectivity index (χ1n) is 24.2. The van der Waals surface area contributed by atoms with Crippen molar-refractivity contribution in [3.63, 3.8) is 0 Å². The fourth-order valence-electron chi connectivity index (χ4n) is 9.47. The number of nitrogens with zero attached hydrogens (tertiary/aromatic N) is 6. The summed E-state index contributed by atoms with van der Waals surface area (Å²) in [5.74, 6) is 1.09. The highest BCUT2D eigenvalue weighted by atomic mass is 16.2. The second kappa shape index (κ2) is 22.6. The summed E-state index contributed by atoms with van der Waals surface area (Å²) in [5.41, 5.74) is 10.4. The van der Waals surface area contributed by atoms with Crippen molar-refractivity contribution < 1.29 is 24.0 Å². The van der Waals surface area contributed by atoms with Gasteiger partial charge < -0.3 is 36.4 Å². The Morgan fingerprint density at radius 3 is 2.32 bits per heavy atom. The van der Waals surface area contributed by atoms with Crippen molar-refractivity contribution in [2.45, 2.75) is 124 Å². The molecule has 1 spiro atoms. The van der Waals surface area contributed by atoms with Gasteiger partial charge in [-0.05, 0) is 93.3 Å². The van der Waals surface area contributed by atoms with E-state index in [1.165, 1.54) is 23.3 Å². The molecule has 2 unspecified atom stereocenters. The molecule has 16 nitrogen and oxygen atoms in total. The number of nitrogens with two attached hydrogens (primary N) is 1. The van der Waals surface area contributed by atoms with Gasteiger partial charge in [0, 0.05) is 86.7 Å². The van der Waals surface area contributed by atoms with Gasteiger partial charge >= 0.3 is 0 Å². The SMILES string of the molecule is CC.CCCC(C)C(=O)NCCCNc1cc(N2CCC3(CC2)CN(c2ccc(CN4CCC(C)(C)CC4)cc2)CC(=O)N3)ncn1.Nc1cccc2c1CN(C1CCC(=O)NC1=O)C2=O. The number of anilines is 4. The van der Waals surface area contributed by atoms with Crippen LogP contribution in [0, 0.1) is 11.3 Å². The molecule has 6 N–H and O–H groups in total.